The summed E-state index contributed by atoms with van der Waals surface area (Å²) in [6.45, 7) is 3.48. The van der Waals surface area contributed by atoms with Gasteiger partial charge in [-0.3, -0.25) is 4.79 Å². The second-order valence-electron chi connectivity index (χ2n) is 5.58. The number of benzene rings is 1. The van der Waals surface area contributed by atoms with Crippen molar-refractivity contribution < 1.29 is 14.3 Å². The van der Waals surface area contributed by atoms with Crippen molar-refractivity contribution in [1.29, 1.82) is 0 Å². The van der Waals surface area contributed by atoms with Crippen molar-refractivity contribution in [2.24, 2.45) is 11.7 Å². The highest BCUT2D eigenvalue weighted by molar-refractivity contribution is 5.97. The lowest BCUT2D eigenvalue weighted by Gasteiger charge is -2.34. The van der Waals surface area contributed by atoms with Crippen molar-refractivity contribution in [3.63, 3.8) is 0 Å². The lowest BCUT2D eigenvalue weighted by atomic mass is 9.92. The second-order valence-corrected chi connectivity index (χ2v) is 5.58. The van der Waals surface area contributed by atoms with E-state index in [1.807, 2.05) is 11.8 Å². The average Bonchev–Trinajstić information content (AvgIpc) is 2.53. The molecule has 0 saturated carbocycles. The van der Waals surface area contributed by atoms with Crippen LogP contribution in [0.3, 0.4) is 0 Å². The summed E-state index contributed by atoms with van der Waals surface area (Å²) in [6.07, 6.45) is 2.07. The Morgan fingerprint density at radius 3 is 2.76 bits per heavy atom. The molecular formula is C16H24N2O3. The molecule has 1 aliphatic rings. The Kier molecular flexibility index (Phi) is 5.07. The molecule has 2 N–H and O–H groups in total. The van der Waals surface area contributed by atoms with E-state index in [4.69, 9.17) is 15.2 Å². The van der Waals surface area contributed by atoms with Crippen LogP contribution >= 0.6 is 0 Å². The minimum atomic E-state index is -0.0175. The first kappa shape index (κ1) is 15.6. The smallest absolute Gasteiger partial charge is 0.257 e. The van der Waals surface area contributed by atoms with E-state index in [-0.39, 0.29) is 11.9 Å². The van der Waals surface area contributed by atoms with Crippen LogP contribution in [-0.2, 0) is 0 Å². The molecule has 2 atom stereocenters. The molecule has 116 valence electrons. The number of amides is 1. The molecule has 1 aromatic carbocycles. The first-order valence-corrected chi connectivity index (χ1v) is 7.33. The summed E-state index contributed by atoms with van der Waals surface area (Å²) in [5.74, 6) is 1.57. The predicted octanol–water partition coefficient (Wildman–Crippen LogP) is 1.90. The van der Waals surface area contributed by atoms with Crippen LogP contribution in [0.5, 0.6) is 11.5 Å². The fraction of sp³-hybridized carbons (Fsp3) is 0.562. The lowest BCUT2D eigenvalue weighted by Crippen LogP contribution is -2.45. The fourth-order valence-corrected chi connectivity index (χ4v) is 2.78. The van der Waals surface area contributed by atoms with E-state index >= 15 is 0 Å². The Hall–Kier alpha value is -1.75. The van der Waals surface area contributed by atoms with Crippen LogP contribution in [0.4, 0.5) is 0 Å². The minimum absolute atomic E-state index is 0.0175. The zero-order chi connectivity index (χ0) is 15.4. The number of nitrogens with zero attached hydrogens (tertiary/aromatic N) is 1. The van der Waals surface area contributed by atoms with Gasteiger partial charge in [0.1, 0.15) is 11.5 Å². The number of carbonyl (C=O) groups is 1. The first-order valence-electron chi connectivity index (χ1n) is 7.33. The largest absolute Gasteiger partial charge is 0.497 e. The standard InChI is InChI=1S/C16H24N2O3/c1-11(17)12-5-4-8-18(10-12)16(19)14-9-13(20-2)6-7-15(14)21-3/h6-7,9,11-12H,4-5,8,10,17H2,1-3H3. The van der Waals surface area contributed by atoms with Crippen LogP contribution in [-0.4, -0.2) is 44.2 Å². The molecule has 5 heteroatoms. The highest BCUT2D eigenvalue weighted by Gasteiger charge is 2.28. The maximum Gasteiger partial charge on any atom is 0.257 e. The van der Waals surface area contributed by atoms with Gasteiger partial charge in [0.2, 0.25) is 0 Å². The van der Waals surface area contributed by atoms with Crippen LogP contribution in [0.2, 0.25) is 0 Å². The molecule has 21 heavy (non-hydrogen) atoms. The topological polar surface area (TPSA) is 64.8 Å². The molecule has 0 aromatic heterocycles. The molecule has 1 aromatic rings. The van der Waals surface area contributed by atoms with Gasteiger partial charge in [0.15, 0.2) is 0 Å². The van der Waals surface area contributed by atoms with Crippen LogP contribution < -0.4 is 15.2 Å². The number of hydrogen-bond donors (Lipinski definition) is 1. The molecule has 0 spiro atoms. The van der Waals surface area contributed by atoms with Crippen molar-refractivity contribution in [3.05, 3.63) is 23.8 Å². The fourth-order valence-electron chi connectivity index (χ4n) is 2.78. The summed E-state index contributed by atoms with van der Waals surface area (Å²) in [5, 5.41) is 0. The summed E-state index contributed by atoms with van der Waals surface area (Å²) in [5.41, 5.74) is 6.53. The maximum absolute atomic E-state index is 12.8. The maximum atomic E-state index is 12.8. The second kappa shape index (κ2) is 6.80. The molecule has 1 amide bonds. The summed E-state index contributed by atoms with van der Waals surface area (Å²) in [7, 11) is 3.16. The van der Waals surface area contributed by atoms with E-state index in [9.17, 15) is 4.79 Å². The molecule has 0 radical (unpaired) electrons. The first-order chi connectivity index (χ1) is 10.1. The van der Waals surface area contributed by atoms with Crippen molar-refractivity contribution in [1.82, 2.24) is 4.90 Å². The highest BCUT2D eigenvalue weighted by atomic mass is 16.5. The highest BCUT2D eigenvalue weighted by Crippen LogP contribution is 2.27. The Morgan fingerprint density at radius 2 is 2.14 bits per heavy atom. The van der Waals surface area contributed by atoms with Crippen LogP contribution in [0, 0.1) is 5.92 Å². The molecule has 1 heterocycles. The SMILES string of the molecule is COc1ccc(OC)c(C(=O)N2CCCC(C(C)N)C2)c1. The number of ether oxygens (including phenoxy) is 2. The average molecular weight is 292 g/mol. The molecule has 1 saturated heterocycles. The molecule has 2 unspecified atom stereocenters. The Bertz CT molecular complexity index is 502. The van der Waals surface area contributed by atoms with E-state index in [0.717, 1.165) is 19.4 Å². The number of carbonyl (C=O) groups excluding carboxylic acids is 1. The van der Waals surface area contributed by atoms with Gasteiger partial charge in [-0.05, 0) is 43.9 Å². The van der Waals surface area contributed by atoms with E-state index in [2.05, 4.69) is 0 Å². The Morgan fingerprint density at radius 1 is 1.38 bits per heavy atom. The number of nitrogens with two attached hydrogens (primary N) is 1. The van der Waals surface area contributed by atoms with Crippen molar-refractivity contribution >= 4 is 5.91 Å². The van der Waals surface area contributed by atoms with Gasteiger partial charge >= 0.3 is 0 Å². The number of methoxy groups -OCH3 is 2. The summed E-state index contributed by atoms with van der Waals surface area (Å²) >= 11 is 0. The zero-order valence-corrected chi connectivity index (χ0v) is 13.0. The van der Waals surface area contributed by atoms with E-state index < -0.39 is 0 Å². The molecule has 0 aliphatic carbocycles. The molecule has 5 nitrogen and oxygen atoms in total. The lowest BCUT2D eigenvalue weighted by molar-refractivity contribution is 0.0657. The van der Waals surface area contributed by atoms with Crippen LogP contribution in [0.15, 0.2) is 18.2 Å². The third kappa shape index (κ3) is 3.47. The van der Waals surface area contributed by atoms with Gasteiger partial charge in [-0.1, -0.05) is 0 Å². The van der Waals surface area contributed by atoms with Gasteiger partial charge in [0, 0.05) is 19.1 Å². The van der Waals surface area contributed by atoms with Crippen molar-refractivity contribution in [2.45, 2.75) is 25.8 Å². The number of hydrogen-bond acceptors (Lipinski definition) is 4. The van der Waals surface area contributed by atoms with Crippen molar-refractivity contribution in [2.75, 3.05) is 27.3 Å². The molecular weight excluding hydrogens is 268 g/mol. The number of likely N-dealkylation sites (tertiary alicyclic amines) is 1. The third-order valence-corrected chi connectivity index (χ3v) is 4.13. The van der Waals surface area contributed by atoms with Crippen molar-refractivity contribution in [3.8, 4) is 11.5 Å². The summed E-state index contributed by atoms with van der Waals surface area (Å²) < 4.78 is 10.5. The number of piperidine rings is 1. The van der Waals surface area contributed by atoms with Gasteiger partial charge in [-0.15, -0.1) is 0 Å². The van der Waals surface area contributed by atoms with E-state index in [0.29, 0.717) is 29.5 Å². The number of rotatable bonds is 4. The Balaban J connectivity index is 2.22. The van der Waals surface area contributed by atoms with Crippen LogP contribution in [0.25, 0.3) is 0 Å². The molecule has 2 rings (SSSR count). The van der Waals surface area contributed by atoms with E-state index in [1.54, 1.807) is 32.4 Å². The van der Waals surface area contributed by atoms with Gasteiger partial charge in [-0.2, -0.15) is 0 Å². The molecule has 1 aliphatic heterocycles. The van der Waals surface area contributed by atoms with E-state index in [1.165, 1.54) is 0 Å². The zero-order valence-electron chi connectivity index (χ0n) is 13.0. The minimum Gasteiger partial charge on any atom is -0.497 e. The quantitative estimate of drug-likeness (QED) is 0.920. The monoisotopic (exact) mass is 292 g/mol. The third-order valence-electron chi connectivity index (χ3n) is 4.13. The summed E-state index contributed by atoms with van der Waals surface area (Å²) in [6, 6.07) is 5.39. The molecule has 0 bridgehead atoms. The van der Waals surface area contributed by atoms with Crippen LogP contribution in [0.1, 0.15) is 30.1 Å². The normalized spacial score (nSPS) is 20.0. The van der Waals surface area contributed by atoms with Gasteiger partial charge in [0.05, 0.1) is 19.8 Å². The van der Waals surface area contributed by atoms with Gasteiger partial charge < -0.3 is 20.1 Å². The molecule has 1 fully saturated rings. The van der Waals surface area contributed by atoms with Gasteiger partial charge in [0.25, 0.3) is 5.91 Å². The van der Waals surface area contributed by atoms with Gasteiger partial charge in [-0.25, -0.2) is 0 Å². The summed E-state index contributed by atoms with van der Waals surface area (Å²) in [4.78, 5) is 14.6. The predicted molar refractivity (Wildman–Crippen MR) is 81.8 cm³/mol. The Labute approximate surface area is 126 Å².